The Morgan fingerprint density at radius 3 is 1.89 bits per heavy atom. The SMILES string of the molecule is COB1C(C)CCC1C. The lowest BCUT2D eigenvalue weighted by Crippen LogP contribution is -2.19. The summed E-state index contributed by atoms with van der Waals surface area (Å²) in [5.74, 6) is 1.56. The van der Waals surface area contributed by atoms with E-state index in [2.05, 4.69) is 13.8 Å². The molecule has 9 heavy (non-hydrogen) atoms. The summed E-state index contributed by atoms with van der Waals surface area (Å²) in [4.78, 5) is 0. The molecule has 1 rings (SSSR count). The molecule has 0 aliphatic carbocycles. The zero-order valence-electron chi connectivity index (χ0n) is 6.55. The van der Waals surface area contributed by atoms with Crippen molar-refractivity contribution in [2.45, 2.75) is 38.3 Å². The summed E-state index contributed by atoms with van der Waals surface area (Å²) < 4.78 is 5.34. The van der Waals surface area contributed by atoms with Gasteiger partial charge in [-0.05, 0) is 11.6 Å². The van der Waals surface area contributed by atoms with Gasteiger partial charge >= 0.3 is 0 Å². The lowest BCUT2D eigenvalue weighted by molar-refractivity contribution is 0.409. The van der Waals surface area contributed by atoms with Gasteiger partial charge in [-0.3, -0.25) is 0 Å². The number of rotatable bonds is 1. The average molecular weight is 126 g/mol. The van der Waals surface area contributed by atoms with E-state index < -0.39 is 0 Å². The molecule has 1 heterocycles. The van der Waals surface area contributed by atoms with Crippen LogP contribution in [0.5, 0.6) is 0 Å². The molecule has 0 aromatic heterocycles. The van der Waals surface area contributed by atoms with Gasteiger partial charge < -0.3 is 4.65 Å². The van der Waals surface area contributed by atoms with Crippen molar-refractivity contribution in [1.82, 2.24) is 0 Å². The Bertz CT molecular complexity index is 84.9. The molecule has 1 fully saturated rings. The van der Waals surface area contributed by atoms with E-state index in [0.29, 0.717) is 6.92 Å². The summed E-state index contributed by atoms with van der Waals surface area (Å²) >= 11 is 0. The van der Waals surface area contributed by atoms with Gasteiger partial charge in [-0.1, -0.05) is 26.7 Å². The van der Waals surface area contributed by atoms with Gasteiger partial charge in [0.05, 0.1) is 0 Å². The molecular weight excluding hydrogens is 111 g/mol. The molecule has 0 amide bonds. The Kier molecular flexibility index (Phi) is 2.17. The first kappa shape index (κ1) is 7.14. The molecule has 0 bridgehead atoms. The van der Waals surface area contributed by atoms with E-state index >= 15 is 0 Å². The van der Waals surface area contributed by atoms with Crippen molar-refractivity contribution >= 4 is 6.92 Å². The summed E-state index contributed by atoms with van der Waals surface area (Å²) in [7, 11) is 1.82. The van der Waals surface area contributed by atoms with Crippen LogP contribution in [0.15, 0.2) is 0 Å². The molecule has 1 aliphatic heterocycles. The van der Waals surface area contributed by atoms with E-state index in [9.17, 15) is 0 Å². The maximum absolute atomic E-state index is 5.34. The van der Waals surface area contributed by atoms with Gasteiger partial charge in [-0.25, -0.2) is 0 Å². The van der Waals surface area contributed by atoms with Crippen molar-refractivity contribution in [3.8, 4) is 0 Å². The van der Waals surface area contributed by atoms with Crippen LogP contribution in [0.1, 0.15) is 26.7 Å². The van der Waals surface area contributed by atoms with E-state index in [0.717, 1.165) is 11.6 Å². The maximum Gasteiger partial charge on any atom is 0.298 e. The van der Waals surface area contributed by atoms with Crippen LogP contribution < -0.4 is 0 Å². The molecule has 0 aromatic rings. The van der Waals surface area contributed by atoms with E-state index in [1.807, 2.05) is 7.11 Å². The minimum atomic E-state index is 0.532. The molecule has 1 nitrogen and oxygen atoms in total. The number of hydrogen-bond acceptors (Lipinski definition) is 1. The minimum absolute atomic E-state index is 0.532. The first-order chi connectivity index (χ1) is 4.25. The zero-order valence-corrected chi connectivity index (χ0v) is 6.55. The van der Waals surface area contributed by atoms with Gasteiger partial charge in [-0.2, -0.15) is 0 Å². The Labute approximate surface area is 57.9 Å². The Hall–Kier alpha value is 0.0249. The second-order valence-corrected chi connectivity index (χ2v) is 3.23. The summed E-state index contributed by atoms with van der Waals surface area (Å²) in [6.45, 7) is 5.08. The van der Waals surface area contributed by atoms with Gasteiger partial charge in [0.1, 0.15) is 0 Å². The summed E-state index contributed by atoms with van der Waals surface area (Å²) in [6.07, 6.45) is 2.69. The second kappa shape index (κ2) is 2.74. The molecule has 2 atom stereocenters. The molecule has 1 saturated heterocycles. The Balaban J connectivity index is 2.44. The summed E-state index contributed by atoms with van der Waals surface area (Å²) in [5, 5.41) is 0. The third-order valence-electron chi connectivity index (χ3n) is 2.47. The smallest absolute Gasteiger partial charge is 0.298 e. The highest BCUT2D eigenvalue weighted by Gasteiger charge is 2.34. The Morgan fingerprint density at radius 2 is 1.67 bits per heavy atom. The van der Waals surface area contributed by atoms with E-state index in [4.69, 9.17) is 4.65 Å². The van der Waals surface area contributed by atoms with E-state index in [1.165, 1.54) is 12.8 Å². The topological polar surface area (TPSA) is 9.23 Å². The van der Waals surface area contributed by atoms with Crippen LogP contribution in [0.3, 0.4) is 0 Å². The second-order valence-electron chi connectivity index (χ2n) is 3.23. The molecule has 0 N–H and O–H groups in total. The molecule has 0 saturated carbocycles. The molecule has 0 spiro atoms. The van der Waals surface area contributed by atoms with Crippen molar-refractivity contribution < 1.29 is 4.65 Å². The predicted molar refractivity (Wildman–Crippen MR) is 40.8 cm³/mol. The lowest BCUT2D eigenvalue weighted by atomic mass is 9.53. The summed E-state index contributed by atoms with van der Waals surface area (Å²) in [6, 6.07) is 0. The van der Waals surface area contributed by atoms with E-state index in [-0.39, 0.29) is 0 Å². The fourth-order valence-electron chi connectivity index (χ4n) is 1.88. The normalized spacial score (nSPS) is 35.7. The Morgan fingerprint density at radius 1 is 1.22 bits per heavy atom. The van der Waals surface area contributed by atoms with Gasteiger partial charge in [0.25, 0.3) is 6.92 Å². The summed E-state index contributed by atoms with van der Waals surface area (Å²) in [5.41, 5.74) is 0. The zero-order chi connectivity index (χ0) is 6.85. The van der Waals surface area contributed by atoms with E-state index in [1.54, 1.807) is 0 Å². The standard InChI is InChI=1S/C7H15BO/c1-6-4-5-7(2)8(6)9-3/h6-7H,4-5H2,1-3H3. The molecule has 0 radical (unpaired) electrons. The molecule has 2 unspecified atom stereocenters. The van der Waals surface area contributed by atoms with Crippen molar-refractivity contribution in [3.05, 3.63) is 0 Å². The van der Waals surface area contributed by atoms with Gasteiger partial charge in [0.2, 0.25) is 0 Å². The third-order valence-corrected chi connectivity index (χ3v) is 2.47. The highest BCUT2D eigenvalue weighted by molar-refractivity contribution is 6.56. The van der Waals surface area contributed by atoms with Crippen LogP contribution in [0.4, 0.5) is 0 Å². The van der Waals surface area contributed by atoms with Crippen LogP contribution in [-0.2, 0) is 4.65 Å². The van der Waals surface area contributed by atoms with Crippen LogP contribution in [0, 0.1) is 0 Å². The van der Waals surface area contributed by atoms with Crippen LogP contribution >= 0.6 is 0 Å². The monoisotopic (exact) mass is 126 g/mol. The average Bonchev–Trinajstić information content (AvgIpc) is 2.12. The largest absolute Gasteiger partial charge is 0.438 e. The molecule has 0 aromatic carbocycles. The van der Waals surface area contributed by atoms with Gasteiger partial charge in [0.15, 0.2) is 0 Å². The minimum Gasteiger partial charge on any atom is -0.438 e. The highest BCUT2D eigenvalue weighted by atomic mass is 16.4. The first-order valence-electron chi connectivity index (χ1n) is 3.78. The quantitative estimate of drug-likeness (QED) is 0.489. The van der Waals surface area contributed by atoms with Crippen molar-refractivity contribution in [2.75, 3.05) is 7.11 Å². The van der Waals surface area contributed by atoms with Crippen molar-refractivity contribution in [1.29, 1.82) is 0 Å². The fourth-order valence-corrected chi connectivity index (χ4v) is 1.88. The first-order valence-corrected chi connectivity index (χ1v) is 3.78. The van der Waals surface area contributed by atoms with Crippen molar-refractivity contribution in [3.63, 3.8) is 0 Å². The van der Waals surface area contributed by atoms with Crippen molar-refractivity contribution in [2.24, 2.45) is 0 Å². The highest BCUT2D eigenvalue weighted by Crippen LogP contribution is 2.37. The predicted octanol–water partition coefficient (Wildman–Crippen LogP) is 2.20. The lowest BCUT2D eigenvalue weighted by Gasteiger charge is -2.11. The molecular formula is C7H15BO. The van der Waals surface area contributed by atoms with Gasteiger partial charge in [-0.15, -0.1) is 0 Å². The van der Waals surface area contributed by atoms with Crippen LogP contribution in [0.2, 0.25) is 11.6 Å². The molecule has 1 aliphatic rings. The third kappa shape index (κ3) is 1.29. The maximum atomic E-state index is 5.34. The fraction of sp³-hybridized carbons (Fsp3) is 1.00. The van der Waals surface area contributed by atoms with Gasteiger partial charge in [0, 0.05) is 7.11 Å². The molecule has 2 heteroatoms. The molecule has 52 valence electrons. The number of hydrogen-bond donors (Lipinski definition) is 0. The van der Waals surface area contributed by atoms with Crippen LogP contribution in [0.25, 0.3) is 0 Å². The van der Waals surface area contributed by atoms with Crippen LogP contribution in [-0.4, -0.2) is 14.0 Å².